The van der Waals surface area contributed by atoms with Gasteiger partial charge in [-0.2, -0.15) is 24.9 Å². The van der Waals surface area contributed by atoms with Gasteiger partial charge in [0, 0.05) is 6.04 Å². The molecule has 1 atom stereocenters. The summed E-state index contributed by atoms with van der Waals surface area (Å²) in [5.41, 5.74) is -1.23. The van der Waals surface area contributed by atoms with Gasteiger partial charge in [-0.1, -0.05) is 12.1 Å². The monoisotopic (exact) mass is 291 g/mol. The van der Waals surface area contributed by atoms with Crippen molar-refractivity contribution in [2.45, 2.75) is 25.6 Å². The highest BCUT2D eigenvalue weighted by atomic mass is 32.2. The van der Waals surface area contributed by atoms with Gasteiger partial charge in [-0.3, -0.25) is 4.79 Å². The van der Waals surface area contributed by atoms with E-state index in [9.17, 15) is 18.0 Å². The van der Waals surface area contributed by atoms with E-state index in [0.717, 1.165) is 18.2 Å². The molecule has 2 nitrogen and oxygen atoms in total. The third-order valence-electron chi connectivity index (χ3n) is 2.61. The van der Waals surface area contributed by atoms with Crippen LogP contribution in [0.3, 0.4) is 0 Å². The Morgan fingerprint density at radius 2 is 2.00 bits per heavy atom. The van der Waals surface area contributed by atoms with Gasteiger partial charge in [-0.15, -0.1) is 0 Å². The number of thioether (sulfide) groups is 1. The Hall–Kier alpha value is -1.17. The number of alkyl halides is 3. The van der Waals surface area contributed by atoms with Crippen molar-refractivity contribution in [2.75, 3.05) is 12.0 Å². The van der Waals surface area contributed by atoms with Crippen LogP contribution < -0.4 is 5.32 Å². The minimum Gasteiger partial charge on any atom is -0.350 e. The van der Waals surface area contributed by atoms with Crippen LogP contribution >= 0.6 is 11.8 Å². The lowest BCUT2D eigenvalue weighted by atomic mass is 10.1. The van der Waals surface area contributed by atoms with Crippen molar-refractivity contribution in [2.24, 2.45) is 0 Å². The first-order valence-electron chi connectivity index (χ1n) is 5.82. The Morgan fingerprint density at radius 3 is 2.58 bits per heavy atom. The molecule has 1 rings (SSSR count). The molecule has 0 saturated heterocycles. The van der Waals surface area contributed by atoms with Crippen LogP contribution in [0.15, 0.2) is 24.3 Å². The number of amides is 1. The molecule has 0 aliphatic rings. The van der Waals surface area contributed by atoms with Gasteiger partial charge in [0.05, 0.1) is 11.1 Å². The Morgan fingerprint density at radius 1 is 1.37 bits per heavy atom. The molecule has 0 bridgehead atoms. The molecule has 0 aliphatic carbocycles. The first kappa shape index (κ1) is 15.9. The van der Waals surface area contributed by atoms with E-state index in [1.165, 1.54) is 18.2 Å². The third kappa shape index (κ3) is 4.78. The highest BCUT2D eigenvalue weighted by Crippen LogP contribution is 2.31. The summed E-state index contributed by atoms with van der Waals surface area (Å²) in [7, 11) is 0. The maximum atomic E-state index is 12.8. The summed E-state index contributed by atoms with van der Waals surface area (Å²) in [4.78, 5) is 11.9. The Labute approximate surface area is 114 Å². The van der Waals surface area contributed by atoms with Crippen LogP contribution in [0.2, 0.25) is 0 Å². The number of carbonyl (C=O) groups is 1. The van der Waals surface area contributed by atoms with E-state index in [-0.39, 0.29) is 11.6 Å². The number of hydrogen-bond acceptors (Lipinski definition) is 2. The highest BCUT2D eigenvalue weighted by molar-refractivity contribution is 7.98. The standard InChI is InChI=1S/C13H16F3NOS/c1-9(7-8-19-2)17-12(18)10-5-3-4-6-11(10)13(14,15)16/h3-6,9H,7-8H2,1-2H3,(H,17,18)/t9-/m1/s1. The molecular formula is C13H16F3NOS. The lowest BCUT2D eigenvalue weighted by molar-refractivity contribution is -0.137. The fourth-order valence-corrected chi connectivity index (χ4v) is 2.19. The van der Waals surface area contributed by atoms with Gasteiger partial charge in [0.1, 0.15) is 0 Å². The summed E-state index contributed by atoms with van der Waals surface area (Å²) in [6, 6.07) is 4.66. The zero-order valence-electron chi connectivity index (χ0n) is 10.8. The van der Waals surface area contributed by atoms with Crippen molar-refractivity contribution in [3.05, 3.63) is 35.4 Å². The summed E-state index contributed by atoms with van der Waals surface area (Å²) >= 11 is 1.63. The van der Waals surface area contributed by atoms with Crippen LogP contribution in [0.5, 0.6) is 0 Å². The van der Waals surface area contributed by atoms with Gasteiger partial charge in [0.15, 0.2) is 0 Å². The minimum absolute atomic E-state index is 0.152. The van der Waals surface area contributed by atoms with Gasteiger partial charge in [0.2, 0.25) is 0 Å². The Bertz CT molecular complexity index is 434. The van der Waals surface area contributed by atoms with Gasteiger partial charge in [-0.25, -0.2) is 0 Å². The number of benzene rings is 1. The maximum absolute atomic E-state index is 12.8. The predicted molar refractivity (Wildman–Crippen MR) is 71.4 cm³/mol. The summed E-state index contributed by atoms with van der Waals surface area (Å²) in [5, 5.41) is 2.59. The van der Waals surface area contributed by atoms with Crippen LogP contribution in [0.25, 0.3) is 0 Å². The third-order valence-corrected chi connectivity index (χ3v) is 3.25. The molecular weight excluding hydrogens is 275 g/mol. The summed E-state index contributed by atoms with van der Waals surface area (Å²) in [6.45, 7) is 1.78. The molecule has 0 spiro atoms. The second-order valence-corrected chi connectivity index (χ2v) is 5.18. The van der Waals surface area contributed by atoms with E-state index in [1.54, 1.807) is 18.7 Å². The summed E-state index contributed by atoms with van der Waals surface area (Å²) in [6.07, 6.45) is -1.86. The second-order valence-electron chi connectivity index (χ2n) is 4.20. The highest BCUT2D eigenvalue weighted by Gasteiger charge is 2.34. The molecule has 0 unspecified atom stereocenters. The van der Waals surface area contributed by atoms with E-state index in [1.807, 2.05) is 6.26 Å². The van der Waals surface area contributed by atoms with E-state index < -0.39 is 17.6 Å². The van der Waals surface area contributed by atoms with Crippen molar-refractivity contribution in [3.8, 4) is 0 Å². The van der Waals surface area contributed by atoms with Crippen molar-refractivity contribution in [3.63, 3.8) is 0 Å². The minimum atomic E-state index is -4.52. The molecule has 1 amide bonds. The van der Waals surface area contributed by atoms with Crippen LogP contribution in [0.4, 0.5) is 13.2 Å². The quantitative estimate of drug-likeness (QED) is 0.898. The van der Waals surface area contributed by atoms with Crippen LogP contribution in [-0.4, -0.2) is 24.0 Å². The smallest absolute Gasteiger partial charge is 0.350 e. The first-order valence-corrected chi connectivity index (χ1v) is 7.21. The fourth-order valence-electron chi connectivity index (χ4n) is 1.60. The maximum Gasteiger partial charge on any atom is 0.417 e. The molecule has 0 heterocycles. The fraction of sp³-hybridized carbons (Fsp3) is 0.462. The molecule has 0 fully saturated rings. The zero-order valence-corrected chi connectivity index (χ0v) is 11.6. The van der Waals surface area contributed by atoms with Crippen molar-refractivity contribution in [1.82, 2.24) is 5.32 Å². The average Bonchev–Trinajstić information content (AvgIpc) is 2.35. The lowest BCUT2D eigenvalue weighted by Gasteiger charge is -2.16. The number of rotatable bonds is 5. The van der Waals surface area contributed by atoms with Crippen molar-refractivity contribution in [1.29, 1.82) is 0 Å². The van der Waals surface area contributed by atoms with Crippen molar-refractivity contribution < 1.29 is 18.0 Å². The topological polar surface area (TPSA) is 29.1 Å². The molecule has 1 aromatic rings. The van der Waals surface area contributed by atoms with Crippen LogP contribution in [-0.2, 0) is 6.18 Å². The number of carbonyl (C=O) groups excluding carboxylic acids is 1. The number of halogens is 3. The number of nitrogens with one attached hydrogen (secondary N) is 1. The Kier molecular flexibility index (Phi) is 5.72. The summed E-state index contributed by atoms with van der Waals surface area (Å²) in [5.74, 6) is 0.170. The molecule has 1 aromatic carbocycles. The van der Waals surface area contributed by atoms with E-state index in [0.29, 0.717) is 0 Å². The molecule has 106 valence electrons. The SMILES string of the molecule is CSCC[C@@H](C)NC(=O)c1ccccc1C(F)(F)F. The zero-order chi connectivity index (χ0) is 14.5. The Balaban J connectivity index is 2.83. The molecule has 0 saturated carbocycles. The van der Waals surface area contributed by atoms with Gasteiger partial charge in [0.25, 0.3) is 5.91 Å². The van der Waals surface area contributed by atoms with Gasteiger partial charge in [-0.05, 0) is 37.5 Å². The molecule has 1 N–H and O–H groups in total. The molecule has 6 heteroatoms. The molecule has 0 aromatic heterocycles. The van der Waals surface area contributed by atoms with E-state index >= 15 is 0 Å². The van der Waals surface area contributed by atoms with Gasteiger partial charge < -0.3 is 5.32 Å². The first-order chi connectivity index (χ1) is 8.86. The van der Waals surface area contributed by atoms with Crippen LogP contribution in [0, 0.1) is 0 Å². The number of hydrogen-bond donors (Lipinski definition) is 1. The average molecular weight is 291 g/mol. The van der Waals surface area contributed by atoms with Crippen molar-refractivity contribution >= 4 is 17.7 Å². The predicted octanol–water partition coefficient (Wildman–Crippen LogP) is 3.58. The normalized spacial score (nSPS) is 13.1. The second kappa shape index (κ2) is 6.84. The molecule has 0 aliphatic heterocycles. The van der Waals surface area contributed by atoms with Crippen LogP contribution in [0.1, 0.15) is 29.3 Å². The molecule has 0 radical (unpaired) electrons. The van der Waals surface area contributed by atoms with E-state index in [2.05, 4.69) is 5.32 Å². The summed E-state index contributed by atoms with van der Waals surface area (Å²) < 4.78 is 38.3. The largest absolute Gasteiger partial charge is 0.417 e. The lowest BCUT2D eigenvalue weighted by Crippen LogP contribution is -2.34. The van der Waals surface area contributed by atoms with Gasteiger partial charge >= 0.3 is 6.18 Å². The van der Waals surface area contributed by atoms with E-state index in [4.69, 9.17) is 0 Å². The molecule has 19 heavy (non-hydrogen) atoms.